The molecule has 4 nitrogen and oxygen atoms in total. The normalized spacial score (nSPS) is 9.79. The van der Waals surface area contributed by atoms with E-state index in [9.17, 15) is 4.79 Å². The second kappa shape index (κ2) is 3.87. The molecule has 0 spiro atoms. The van der Waals surface area contributed by atoms with E-state index in [-0.39, 0.29) is 24.6 Å². The van der Waals surface area contributed by atoms with Gasteiger partial charge in [-0.3, -0.25) is 4.40 Å². The molecule has 1 N–H and O–H groups in total. The average Bonchev–Trinajstić information content (AvgIpc) is 2.49. The number of aromatic nitrogens is 2. The third-order valence-electron chi connectivity index (χ3n) is 1.94. The van der Waals surface area contributed by atoms with Gasteiger partial charge in [-0.25, -0.2) is 9.78 Å². The maximum absolute atomic E-state index is 10.8. The van der Waals surface area contributed by atoms with Crippen LogP contribution in [-0.4, -0.2) is 20.5 Å². The smallest absolute Gasteiger partial charge is 0.477 e. The first-order valence-electron chi connectivity index (χ1n) is 3.86. The van der Waals surface area contributed by atoms with E-state index < -0.39 is 5.97 Å². The summed E-state index contributed by atoms with van der Waals surface area (Å²) in [5.74, 6) is -0.957. The molecule has 2 heterocycles. The van der Waals surface area contributed by atoms with Crippen LogP contribution >= 0.6 is 0 Å². The van der Waals surface area contributed by atoms with E-state index in [0.29, 0.717) is 5.65 Å². The van der Waals surface area contributed by atoms with E-state index >= 15 is 0 Å². The Labute approximate surface area is 92.8 Å². The Morgan fingerprint density at radius 1 is 1.50 bits per heavy atom. The summed E-state index contributed by atoms with van der Waals surface area (Å²) in [6.45, 7) is 1.85. The minimum atomic E-state index is -0.957. The number of aromatic carboxylic acids is 1. The molecule has 0 aliphatic carbocycles. The van der Waals surface area contributed by atoms with Gasteiger partial charge in [0.05, 0.1) is 6.20 Å². The summed E-state index contributed by atoms with van der Waals surface area (Å²) in [4.78, 5) is 14.8. The quantitative estimate of drug-likeness (QED) is 0.538. The van der Waals surface area contributed by atoms with E-state index in [1.165, 1.54) is 6.20 Å². The second-order valence-corrected chi connectivity index (χ2v) is 2.81. The molecule has 66 valence electrons. The topological polar surface area (TPSA) is 54.6 Å². The van der Waals surface area contributed by atoms with E-state index in [1.54, 1.807) is 10.5 Å². The molecular formula is C9H8LiN2O2+. The first-order valence-corrected chi connectivity index (χ1v) is 3.86. The number of nitrogens with zero attached hydrogens (tertiary/aromatic N) is 2. The molecular weight excluding hydrogens is 175 g/mol. The predicted molar refractivity (Wildman–Crippen MR) is 46.9 cm³/mol. The van der Waals surface area contributed by atoms with Crippen molar-refractivity contribution in [2.24, 2.45) is 0 Å². The molecule has 0 fully saturated rings. The van der Waals surface area contributed by atoms with Crippen LogP contribution in [0.25, 0.3) is 5.65 Å². The molecule has 0 aliphatic heterocycles. The third kappa shape index (κ3) is 1.54. The number of hydrogen-bond donors (Lipinski definition) is 1. The Hall–Kier alpha value is -1.24. The van der Waals surface area contributed by atoms with Gasteiger partial charge in [-0.15, -0.1) is 0 Å². The standard InChI is InChI=1S/C9H8N2O2.Li/c1-6-3-2-4-8-10-5-7(9(12)13)11(6)8;/h2-5H,1H3,(H,12,13);/q;+1. The summed E-state index contributed by atoms with van der Waals surface area (Å²) in [5.41, 5.74) is 1.73. The average molecular weight is 183 g/mol. The third-order valence-corrected chi connectivity index (χ3v) is 1.94. The summed E-state index contributed by atoms with van der Waals surface area (Å²) in [5, 5.41) is 8.84. The van der Waals surface area contributed by atoms with Gasteiger partial charge in [0.15, 0.2) is 5.69 Å². The van der Waals surface area contributed by atoms with Crippen molar-refractivity contribution in [3.63, 3.8) is 0 Å². The number of rotatable bonds is 1. The molecule has 5 heteroatoms. The number of fused-ring (bicyclic) bond motifs is 1. The van der Waals surface area contributed by atoms with E-state index in [0.717, 1.165) is 5.69 Å². The van der Waals surface area contributed by atoms with Gasteiger partial charge >= 0.3 is 24.8 Å². The van der Waals surface area contributed by atoms with Crippen LogP contribution in [-0.2, 0) is 0 Å². The summed E-state index contributed by atoms with van der Waals surface area (Å²) in [7, 11) is 0. The summed E-state index contributed by atoms with van der Waals surface area (Å²) >= 11 is 0. The fraction of sp³-hybridized carbons (Fsp3) is 0.111. The zero-order valence-electron chi connectivity index (χ0n) is 8.06. The molecule has 0 bridgehead atoms. The number of aryl methyl sites for hydroxylation is 1. The zero-order valence-corrected chi connectivity index (χ0v) is 8.06. The molecule has 0 radical (unpaired) electrons. The van der Waals surface area contributed by atoms with Crippen molar-refractivity contribution in [2.75, 3.05) is 0 Å². The summed E-state index contributed by atoms with van der Waals surface area (Å²) in [6.07, 6.45) is 1.37. The molecule has 0 aromatic carbocycles. The molecule has 0 amide bonds. The number of carboxylic acid groups (broad SMARTS) is 1. The van der Waals surface area contributed by atoms with Gasteiger partial charge in [-0.2, -0.15) is 0 Å². The summed E-state index contributed by atoms with van der Waals surface area (Å²) < 4.78 is 1.61. The van der Waals surface area contributed by atoms with Crippen molar-refractivity contribution >= 4 is 11.6 Å². The van der Waals surface area contributed by atoms with Crippen LogP contribution in [0.15, 0.2) is 24.4 Å². The zero-order chi connectivity index (χ0) is 9.42. The van der Waals surface area contributed by atoms with Gasteiger partial charge in [0.2, 0.25) is 0 Å². The van der Waals surface area contributed by atoms with E-state index in [1.807, 2.05) is 19.1 Å². The van der Waals surface area contributed by atoms with Gasteiger partial charge < -0.3 is 5.11 Å². The molecule has 14 heavy (non-hydrogen) atoms. The Balaban J connectivity index is 0.000000980. The second-order valence-electron chi connectivity index (χ2n) is 2.81. The Morgan fingerprint density at radius 3 is 2.86 bits per heavy atom. The van der Waals surface area contributed by atoms with Crippen molar-refractivity contribution in [1.29, 1.82) is 0 Å². The molecule has 2 aromatic heterocycles. The van der Waals surface area contributed by atoms with Crippen LogP contribution in [0.1, 0.15) is 16.2 Å². The number of carboxylic acids is 1. The van der Waals surface area contributed by atoms with Gasteiger partial charge in [-0.05, 0) is 19.1 Å². The SMILES string of the molecule is Cc1cccc2ncc(C(=O)O)n12.[Li+]. The van der Waals surface area contributed by atoms with Gasteiger partial charge in [0, 0.05) is 5.69 Å². The fourth-order valence-corrected chi connectivity index (χ4v) is 1.35. The fourth-order valence-electron chi connectivity index (χ4n) is 1.35. The first-order chi connectivity index (χ1) is 6.20. The van der Waals surface area contributed by atoms with Crippen LogP contribution in [0, 0.1) is 6.92 Å². The van der Waals surface area contributed by atoms with Gasteiger partial charge in [0.25, 0.3) is 0 Å². The van der Waals surface area contributed by atoms with Gasteiger partial charge in [0.1, 0.15) is 5.65 Å². The number of imidazole rings is 1. The molecule has 2 rings (SSSR count). The van der Waals surface area contributed by atoms with Crippen LogP contribution in [0.5, 0.6) is 0 Å². The van der Waals surface area contributed by atoms with Crippen LogP contribution in [0.4, 0.5) is 0 Å². The Bertz CT molecular complexity index is 479. The van der Waals surface area contributed by atoms with Crippen molar-refractivity contribution in [3.05, 3.63) is 35.8 Å². The van der Waals surface area contributed by atoms with Crippen LogP contribution < -0.4 is 18.9 Å². The monoisotopic (exact) mass is 183 g/mol. The minimum absolute atomic E-state index is 0. The van der Waals surface area contributed by atoms with Crippen molar-refractivity contribution in [2.45, 2.75) is 6.92 Å². The van der Waals surface area contributed by atoms with Crippen molar-refractivity contribution in [1.82, 2.24) is 9.38 Å². The van der Waals surface area contributed by atoms with Crippen LogP contribution in [0.2, 0.25) is 0 Å². The molecule has 0 unspecified atom stereocenters. The molecule has 2 aromatic rings. The molecule has 0 aliphatic rings. The first kappa shape index (κ1) is 10.8. The van der Waals surface area contributed by atoms with E-state index in [2.05, 4.69) is 4.98 Å². The van der Waals surface area contributed by atoms with E-state index in [4.69, 9.17) is 5.11 Å². The number of carbonyl (C=O) groups is 1. The minimum Gasteiger partial charge on any atom is -0.477 e. The number of hydrogen-bond acceptors (Lipinski definition) is 2. The Morgan fingerprint density at radius 2 is 2.21 bits per heavy atom. The Kier molecular flexibility index (Phi) is 2.99. The molecule has 0 atom stereocenters. The maximum atomic E-state index is 10.8. The maximum Gasteiger partial charge on any atom is 1.00 e. The molecule has 0 saturated heterocycles. The summed E-state index contributed by atoms with van der Waals surface area (Å²) in [6, 6.07) is 5.48. The number of pyridine rings is 1. The largest absolute Gasteiger partial charge is 1.00 e. The van der Waals surface area contributed by atoms with Gasteiger partial charge in [-0.1, -0.05) is 6.07 Å². The van der Waals surface area contributed by atoms with Crippen LogP contribution in [0.3, 0.4) is 0 Å². The molecule has 0 saturated carbocycles. The van der Waals surface area contributed by atoms with Crippen molar-refractivity contribution in [3.8, 4) is 0 Å². The predicted octanol–water partition coefficient (Wildman–Crippen LogP) is -1.66. The van der Waals surface area contributed by atoms with Crippen molar-refractivity contribution < 1.29 is 28.8 Å².